The van der Waals surface area contributed by atoms with E-state index in [-0.39, 0.29) is 6.04 Å². The van der Waals surface area contributed by atoms with E-state index in [4.69, 9.17) is 17.3 Å². The Morgan fingerprint density at radius 3 is 2.62 bits per heavy atom. The lowest BCUT2D eigenvalue weighted by Crippen LogP contribution is -2.11. The molecule has 1 aromatic heterocycles. The van der Waals surface area contributed by atoms with E-state index >= 15 is 0 Å². The monoisotopic (exact) mass is 315 g/mol. The molecule has 2 N–H and O–H groups in total. The van der Waals surface area contributed by atoms with Gasteiger partial charge in [-0.3, -0.25) is 0 Å². The van der Waals surface area contributed by atoms with Gasteiger partial charge in [0.1, 0.15) is 0 Å². The molecule has 1 aromatic carbocycles. The predicted octanol–water partition coefficient (Wildman–Crippen LogP) is 4.52. The second-order valence-corrected chi connectivity index (χ2v) is 6.55. The molecule has 0 amide bonds. The van der Waals surface area contributed by atoms with E-state index in [1.54, 1.807) is 11.3 Å². The first kappa shape index (κ1) is 12.1. The zero-order valence-electron chi connectivity index (χ0n) is 8.71. The van der Waals surface area contributed by atoms with Crippen LogP contribution in [0.15, 0.2) is 34.1 Å². The molecule has 1 unspecified atom stereocenters. The maximum absolute atomic E-state index is 6.23. The van der Waals surface area contributed by atoms with E-state index in [1.165, 1.54) is 0 Å². The van der Waals surface area contributed by atoms with Gasteiger partial charge in [-0.05, 0) is 58.2 Å². The summed E-state index contributed by atoms with van der Waals surface area (Å²) in [6.45, 7) is 2.03. The zero-order valence-corrected chi connectivity index (χ0v) is 11.9. The molecular weight excluding hydrogens is 306 g/mol. The largest absolute Gasteiger partial charge is 0.320 e. The third-order valence-corrected chi connectivity index (χ3v) is 4.41. The topological polar surface area (TPSA) is 26.0 Å². The maximum Gasteiger partial charge on any atom is 0.0702 e. The van der Waals surface area contributed by atoms with Crippen LogP contribution in [-0.2, 0) is 0 Å². The molecule has 84 valence electrons. The van der Waals surface area contributed by atoms with Crippen molar-refractivity contribution in [3.05, 3.63) is 55.1 Å². The smallest absolute Gasteiger partial charge is 0.0702 e. The first-order valence-electron chi connectivity index (χ1n) is 4.85. The highest BCUT2D eigenvalue weighted by molar-refractivity contribution is 9.11. The van der Waals surface area contributed by atoms with Crippen LogP contribution in [0, 0.1) is 6.92 Å². The summed E-state index contributed by atoms with van der Waals surface area (Å²) in [6, 6.07) is 9.81. The second-order valence-electron chi connectivity index (χ2n) is 3.62. The quantitative estimate of drug-likeness (QED) is 0.866. The molecule has 0 saturated carbocycles. The Morgan fingerprint density at radius 2 is 2.06 bits per heavy atom. The van der Waals surface area contributed by atoms with Crippen LogP contribution >= 0.6 is 38.9 Å². The van der Waals surface area contributed by atoms with Gasteiger partial charge >= 0.3 is 0 Å². The van der Waals surface area contributed by atoms with Crippen molar-refractivity contribution in [2.24, 2.45) is 5.73 Å². The molecule has 0 bridgehead atoms. The van der Waals surface area contributed by atoms with Gasteiger partial charge in [0, 0.05) is 9.90 Å². The molecule has 0 aliphatic heterocycles. The minimum absolute atomic E-state index is 0.0754. The molecule has 1 atom stereocenters. The van der Waals surface area contributed by atoms with Gasteiger partial charge in [-0.2, -0.15) is 0 Å². The van der Waals surface area contributed by atoms with E-state index in [9.17, 15) is 0 Å². The van der Waals surface area contributed by atoms with Crippen molar-refractivity contribution < 1.29 is 0 Å². The summed E-state index contributed by atoms with van der Waals surface area (Å²) in [5.41, 5.74) is 8.48. The Kier molecular flexibility index (Phi) is 3.70. The summed E-state index contributed by atoms with van der Waals surface area (Å²) in [5.74, 6) is 0. The minimum Gasteiger partial charge on any atom is -0.320 e. The Balaban J connectivity index is 2.37. The van der Waals surface area contributed by atoms with Crippen molar-refractivity contribution >= 4 is 38.9 Å². The fourth-order valence-electron chi connectivity index (χ4n) is 1.64. The van der Waals surface area contributed by atoms with Gasteiger partial charge in [0.2, 0.25) is 0 Å². The lowest BCUT2D eigenvalue weighted by molar-refractivity contribution is 0.883. The summed E-state index contributed by atoms with van der Waals surface area (Å²) >= 11 is 11.0. The van der Waals surface area contributed by atoms with Crippen LogP contribution in [0.2, 0.25) is 5.02 Å². The maximum atomic E-state index is 6.23. The van der Waals surface area contributed by atoms with Crippen LogP contribution in [0.25, 0.3) is 0 Å². The number of aryl methyl sites for hydroxylation is 1. The van der Waals surface area contributed by atoms with Crippen LogP contribution in [0.1, 0.15) is 22.0 Å². The van der Waals surface area contributed by atoms with E-state index < -0.39 is 0 Å². The van der Waals surface area contributed by atoms with Crippen molar-refractivity contribution in [1.29, 1.82) is 0 Å². The normalized spacial score (nSPS) is 12.8. The summed E-state index contributed by atoms with van der Waals surface area (Å²) in [4.78, 5) is 1.15. The van der Waals surface area contributed by atoms with Crippen molar-refractivity contribution in [3.63, 3.8) is 0 Å². The van der Waals surface area contributed by atoms with Crippen LogP contribution in [-0.4, -0.2) is 0 Å². The summed E-state index contributed by atoms with van der Waals surface area (Å²) < 4.78 is 1.10. The lowest BCUT2D eigenvalue weighted by atomic mass is 10.0. The molecule has 4 heteroatoms. The Hall–Kier alpha value is -0.350. The highest BCUT2D eigenvalue weighted by atomic mass is 79.9. The standard InChI is InChI=1S/C12H11BrClNS/c1-7-6-8(14)2-3-9(7)12(15)10-4-5-11(13)16-10/h2-6,12H,15H2,1H3. The van der Waals surface area contributed by atoms with Crippen molar-refractivity contribution in [2.45, 2.75) is 13.0 Å². The van der Waals surface area contributed by atoms with Gasteiger partial charge in [-0.15, -0.1) is 11.3 Å². The number of benzene rings is 1. The number of rotatable bonds is 2. The highest BCUT2D eigenvalue weighted by Crippen LogP contribution is 2.31. The van der Waals surface area contributed by atoms with Crippen molar-refractivity contribution in [1.82, 2.24) is 0 Å². The third kappa shape index (κ3) is 2.48. The van der Waals surface area contributed by atoms with Gasteiger partial charge in [0.25, 0.3) is 0 Å². The summed E-state index contributed by atoms with van der Waals surface area (Å²) in [6.07, 6.45) is 0. The van der Waals surface area contributed by atoms with E-state index in [2.05, 4.69) is 15.9 Å². The second kappa shape index (κ2) is 4.88. The molecule has 1 nitrogen and oxygen atoms in total. The average molecular weight is 317 g/mol. The van der Waals surface area contributed by atoms with Gasteiger partial charge in [-0.25, -0.2) is 0 Å². The van der Waals surface area contributed by atoms with Gasteiger partial charge < -0.3 is 5.73 Å². The lowest BCUT2D eigenvalue weighted by Gasteiger charge is -2.13. The summed E-state index contributed by atoms with van der Waals surface area (Å²) in [7, 11) is 0. The molecule has 0 aliphatic rings. The molecular formula is C12H11BrClNS. The number of nitrogens with two attached hydrogens (primary N) is 1. The van der Waals surface area contributed by atoms with E-state index in [1.807, 2.05) is 37.3 Å². The fraction of sp³-hybridized carbons (Fsp3) is 0.167. The molecule has 2 aromatic rings. The molecule has 0 fully saturated rings. The average Bonchev–Trinajstić information content (AvgIpc) is 2.64. The molecule has 0 radical (unpaired) electrons. The fourth-order valence-corrected chi connectivity index (χ4v) is 3.31. The molecule has 2 rings (SSSR count). The number of thiophene rings is 1. The number of hydrogen-bond acceptors (Lipinski definition) is 2. The molecule has 1 heterocycles. The molecule has 0 aliphatic carbocycles. The van der Waals surface area contributed by atoms with Crippen LogP contribution in [0.4, 0.5) is 0 Å². The molecule has 16 heavy (non-hydrogen) atoms. The molecule has 0 saturated heterocycles. The highest BCUT2D eigenvalue weighted by Gasteiger charge is 2.13. The van der Waals surface area contributed by atoms with Gasteiger partial charge in [0.05, 0.1) is 9.83 Å². The number of hydrogen-bond donors (Lipinski definition) is 1. The third-order valence-electron chi connectivity index (χ3n) is 2.47. The molecule has 0 spiro atoms. The van der Waals surface area contributed by atoms with Gasteiger partial charge in [-0.1, -0.05) is 17.7 Å². The number of halogens is 2. The van der Waals surface area contributed by atoms with E-state index in [0.717, 1.165) is 24.8 Å². The first-order valence-corrected chi connectivity index (χ1v) is 6.83. The Morgan fingerprint density at radius 1 is 1.31 bits per heavy atom. The van der Waals surface area contributed by atoms with E-state index in [0.29, 0.717) is 0 Å². The first-order chi connectivity index (χ1) is 7.58. The predicted molar refractivity (Wildman–Crippen MR) is 74.2 cm³/mol. The van der Waals surface area contributed by atoms with Crippen LogP contribution in [0.5, 0.6) is 0 Å². The van der Waals surface area contributed by atoms with Gasteiger partial charge in [0.15, 0.2) is 0 Å². The van der Waals surface area contributed by atoms with Crippen molar-refractivity contribution in [2.75, 3.05) is 0 Å². The minimum atomic E-state index is -0.0754. The zero-order chi connectivity index (χ0) is 11.7. The SMILES string of the molecule is Cc1cc(Cl)ccc1C(N)c1ccc(Br)s1. The summed E-state index contributed by atoms with van der Waals surface area (Å²) in [5, 5.41) is 0.751. The van der Waals surface area contributed by atoms with Crippen LogP contribution < -0.4 is 5.73 Å². The Labute approximate surface area is 112 Å². The van der Waals surface area contributed by atoms with Crippen LogP contribution in [0.3, 0.4) is 0 Å². The Bertz CT molecular complexity index is 509. The van der Waals surface area contributed by atoms with Crippen molar-refractivity contribution in [3.8, 4) is 0 Å².